The predicted octanol–water partition coefficient (Wildman–Crippen LogP) is 5.61. The van der Waals surface area contributed by atoms with E-state index in [0.29, 0.717) is 54.7 Å². The van der Waals surface area contributed by atoms with Crippen molar-refractivity contribution in [2.24, 2.45) is 0 Å². The van der Waals surface area contributed by atoms with Crippen LogP contribution in [0.2, 0.25) is 0 Å². The fourth-order valence-electron chi connectivity index (χ4n) is 7.40. The monoisotopic (exact) mass is 649 g/mol. The number of hydrogen-bond acceptors (Lipinski definition) is 8. The molecule has 228 valence electrons. The maximum atomic E-state index is 15.5. The number of fused-ring (bicyclic) bond motifs is 4. The molecule has 6 rings (SSSR count). The van der Waals surface area contributed by atoms with E-state index in [9.17, 15) is 9.18 Å². The summed E-state index contributed by atoms with van der Waals surface area (Å²) in [5.41, 5.74) is -0.656. The van der Waals surface area contributed by atoms with Crippen LogP contribution in [0.4, 0.5) is 19.4 Å². The van der Waals surface area contributed by atoms with Crippen LogP contribution >= 0.6 is 15.9 Å². The van der Waals surface area contributed by atoms with Crippen molar-refractivity contribution in [3.8, 4) is 6.01 Å². The Morgan fingerprint density at radius 1 is 1.21 bits per heavy atom. The Hall–Kier alpha value is -2.57. The predicted molar refractivity (Wildman–Crippen MR) is 158 cm³/mol. The molecule has 1 aromatic carbocycles. The van der Waals surface area contributed by atoms with Gasteiger partial charge in [-0.1, -0.05) is 0 Å². The molecule has 3 atom stereocenters. The summed E-state index contributed by atoms with van der Waals surface area (Å²) in [6, 6.07) is 3.41. The number of piperazine rings is 1. The number of nitrogens with zero attached hydrogens (tertiary/aromatic N) is 5. The molecule has 12 heteroatoms. The maximum Gasteiger partial charge on any atom is 0.411 e. The summed E-state index contributed by atoms with van der Waals surface area (Å²) >= 11 is 3.30. The maximum absolute atomic E-state index is 15.5. The highest BCUT2D eigenvalue weighted by atomic mass is 79.9. The Bertz CT molecular complexity index is 1420. The fourth-order valence-corrected chi connectivity index (χ4v) is 7.72. The van der Waals surface area contributed by atoms with E-state index in [1.54, 1.807) is 19.2 Å². The van der Waals surface area contributed by atoms with Crippen LogP contribution in [0.3, 0.4) is 0 Å². The molecule has 9 nitrogen and oxygen atoms in total. The Kier molecular flexibility index (Phi) is 7.62. The van der Waals surface area contributed by atoms with Crippen LogP contribution in [0, 0.1) is 5.82 Å². The van der Waals surface area contributed by atoms with Crippen LogP contribution < -0.4 is 9.64 Å². The number of halogens is 3. The van der Waals surface area contributed by atoms with Crippen LogP contribution in [-0.4, -0.2) is 95.1 Å². The van der Waals surface area contributed by atoms with E-state index < -0.39 is 17.0 Å². The summed E-state index contributed by atoms with van der Waals surface area (Å²) < 4.78 is 46.9. The van der Waals surface area contributed by atoms with Crippen molar-refractivity contribution >= 4 is 38.7 Å². The number of carbonyl (C=O) groups is 1. The number of amides is 1. The summed E-state index contributed by atoms with van der Waals surface area (Å²) in [6.45, 7) is 8.60. The normalized spacial score (nSPS) is 28.6. The molecule has 5 heterocycles. The van der Waals surface area contributed by atoms with Gasteiger partial charge in [-0.25, -0.2) is 13.6 Å². The zero-order valence-corrected chi connectivity index (χ0v) is 26.2. The number of rotatable bonds is 6. The number of carbonyl (C=O) groups excluding carboxylic acids is 1. The van der Waals surface area contributed by atoms with Gasteiger partial charge in [0.2, 0.25) is 0 Å². The standard InChI is InChI=1S/C30H38BrF2N5O4/c1-28(2,3)42-27(39)38-20-8-10-30(38,17-40-4)16-36(15-20)25-21-6-7-22(31)23(33)24(21)34-26(35-25)41-18-29-9-5-11-37(29)14-19(12-29)13-32/h6-7,13,20H,5,8-12,14-18H2,1-4H3/b19-13+/t20-,29?,30+/m0/s1. The lowest BCUT2D eigenvalue weighted by atomic mass is 9.94. The second kappa shape index (κ2) is 10.9. The number of benzene rings is 1. The third-order valence-corrected chi connectivity index (χ3v) is 9.68. The molecule has 4 fully saturated rings. The van der Waals surface area contributed by atoms with Gasteiger partial charge < -0.3 is 19.1 Å². The van der Waals surface area contributed by atoms with E-state index in [1.807, 2.05) is 25.7 Å². The molecule has 42 heavy (non-hydrogen) atoms. The first-order valence-corrected chi connectivity index (χ1v) is 15.3. The first-order chi connectivity index (χ1) is 20.0. The van der Waals surface area contributed by atoms with Gasteiger partial charge in [0.05, 0.1) is 34.5 Å². The van der Waals surface area contributed by atoms with Gasteiger partial charge in [-0.2, -0.15) is 9.97 Å². The van der Waals surface area contributed by atoms with E-state index in [-0.39, 0.29) is 35.8 Å². The van der Waals surface area contributed by atoms with Crippen molar-refractivity contribution in [2.45, 2.75) is 75.6 Å². The number of ether oxygens (including phenoxy) is 3. The van der Waals surface area contributed by atoms with Crippen LogP contribution in [0.1, 0.15) is 52.9 Å². The van der Waals surface area contributed by atoms with Crippen LogP contribution in [0.15, 0.2) is 28.5 Å². The Morgan fingerprint density at radius 3 is 2.76 bits per heavy atom. The lowest BCUT2D eigenvalue weighted by Crippen LogP contribution is -2.66. The SMILES string of the molecule is COC[C@@]12CC[C@@H](CN(c3nc(OCC45CCCN4C/C(=C/F)C5)nc4c(F)c(Br)ccc34)C1)N2C(=O)OC(C)(C)C. The summed E-state index contributed by atoms with van der Waals surface area (Å²) in [4.78, 5) is 29.0. The molecule has 4 aliphatic rings. The van der Waals surface area contributed by atoms with Crippen molar-refractivity contribution < 1.29 is 27.8 Å². The molecular weight excluding hydrogens is 612 g/mol. The zero-order chi connectivity index (χ0) is 29.9. The highest BCUT2D eigenvalue weighted by Gasteiger charge is 2.55. The second-order valence-electron chi connectivity index (χ2n) is 13.2. The van der Waals surface area contributed by atoms with Crippen LogP contribution in [-0.2, 0) is 9.47 Å². The van der Waals surface area contributed by atoms with Gasteiger partial charge in [0.25, 0.3) is 0 Å². The van der Waals surface area contributed by atoms with Crippen LogP contribution in [0.25, 0.3) is 10.9 Å². The Balaban J connectivity index is 1.35. The van der Waals surface area contributed by atoms with Crippen molar-refractivity contribution in [3.63, 3.8) is 0 Å². The third kappa shape index (κ3) is 5.13. The summed E-state index contributed by atoms with van der Waals surface area (Å²) in [5, 5.41) is 0.560. The molecule has 0 radical (unpaired) electrons. The number of hydrogen-bond donors (Lipinski definition) is 0. The number of anilines is 1. The van der Waals surface area contributed by atoms with E-state index in [2.05, 4.69) is 30.7 Å². The van der Waals surface area contributed by atoms with E-state index in [4.69, 9.17) is 19.2 Å². The van der Waals surface area contributed by atoms with Gasteiger partial charge in [0.15, 0.2) is 5.82 Å². The number of methoxy groups -OCH3 is 1. The molecule has 0 aliphatic carbocycles. The molecule has 4 aliphatic heterocycles. The lowest BCUT2D eigenvalue weighted by molar-refractivity contribution is -0.0261. The van der Waals surface area contributed by atoms with Gasteiger partial charge in [-0.15, -0.1) is 0 Å². The second-order valence-corrected chi connectivity index (χ2v) is 14.0. The highest BCUT2D eigenvalue weighted by molar-refractivity contribution is 9.10. The lowest BCUT2D eigenvalue weighted by Gasteiger charge is -2.49. The highest BCUT2D eigenvalue weighted by Crippen LogP contribution is 2.44. The molecule has 0 N–H and O–H groups in total. The third-order valence-electron chi connectivity index (χ3n) is 9.07. The molecule has 0 saturated carbocycles. The summed E-state index contributed by atoms with van der Waals surface area (Å²) in [5.74, 6) is 0.0568. The average Bonchev–Trinajstić information content (AvgIpc) is 3.55. The summed E-state index contributed by atoms with van der Waals surface area (Å²) in [7, 11) is 1.63. The van der Waals surface area contributed by atoms with Crippen molar-refractivity contribution in [1.29, 1.82) is 0 Å². The van der Waals surface area contributed by atoms with Gasteiger partial charge >= 0.3 is 12.1 Å². The van der Waals surface area contributed by atoms with Crippen molar-refractivity contribution in [2.75, 3.05) is 51.4 Å². The van der Waals surface area contributed by atoms with Gasteiger partial charge in [0.1, 0.15) is 23.5 Å². The average molecular weight is 651 g/mol. The van der Waals surface area contributed by atoms with Crippen molar-refractivity contribution in [1.82, 2.24) is 19.8 Å². The first kappa shape index (κ1) is 29.5. The van der Waals surface area contributed by atoms with Crippen LogP contribution in [0.5, 0.6) is 6.01 Å². The topological polar surface area (TPSA) is 80.3 Å². The van der Waals surface area contributed by atoms with E-state index >= 15 is 4.39 Å². The largest absolute Gasteiger partial charge is 0.461 e. The Labute approximate surface area is 253 Å². The van der Waals surface area contributed by atoms with E-state index in [0.717, 1.165) is 37.8 Å². The van der Waals surface area contributed by atoms with Gasteiger partial charge in [-0.05, 0) is 93.1 Å². The van der Waals surface area contributed by atoms with E-state index in [1.165, 1.54) is 0 Å². The quantitative estimate of drug-likeness (QED) is 0.400. The molecule has 0 spiro atoms. The molecule has 1 aromatic heterocycles. The minimum Gasteiger partial charge on any atom is -0.461 e. The molecule has 4 saturated heterocycles. The number of aromatic nitrogens is 2. The molecule has 1 amide bonds. The molecular formula is C30H38BrF2N5O4. The minimum absolute atomic E-state index is 0.0797. The first-order valence-electron chi connectivity index (χ1n) is 14.6. The summed E-state index contributed by atoms with van der Waals surface area (Å²) in [6.07, 6.45) is 4.38. The van der Waals surface area contributed by atoms with Crippen molar-refractivity contribution in [3.05, 3.63) is 34.3 Å². The fraction of sp³-hybridized carbons (Fsp3) is 0.633. The molecule has 2 aromatic rings. The Morgan fingerprint density at radius 2 is 2.02 bits per heavy atom. The molecule has 1 unspecified atom stereocenters. The van der Waals surface area contributed by atoms with Gasteiger partial charge in [0, 0.05) is 32.1 Å². The minimum atomic E-state index is -0.630. The zero-order valence-electron chi connectivity index (χ0n) is 24.6. The van der Waals surface area contributed by atoms with Gasteiger partial charge in [-0.3, -0.25) is 9.80 Å². The smallest absolute Gasteiger partial charge is 0.411 e. The molecule has 2 bridgehead atoms.